The van der Waals surface area contributed by atoms with Gasteiger partial charge in [0.15, 0.2) is 0 Å². The highest BCUT2D eigenvalue weighted by Gasteiger charge is 2.20. The van der Waals surface area contributed by atoms with Gasteiger partial charge in [0.1, 0.15) is 5.82 Å². The lowest BCUT2D eigenvalue weighted by atomic mass is 9.77. The molecular weight excluding hydrogens is 451 g/mol. The van der Waals surface area contributed by atoms with Crippen molar-refractivity contribution in [3.8, 4) is 11.8 Å². The molecule has 0 amide bonds. The molecule has 3 aromatic carbocycles. The number of rotatable bonds is 11. The zero-order chi connectivity index (χ0) is 25.9. The van der Waals surface area contributed by atoms with Crippen molar-refractivity contribution in [3.05, 3.63) is 82.7 Å². The van der Waals surface area contributed by atoms with Crippen molar-refractivity contribution in [2.75, 3.05) is 0 Å². The number of benzene rings is 3. The first-order chi connectivity index (χ1) is 18.2. The molecule has 0 N–H and O–H groups in total. The molecule has 0 bridgehead atoms. The standard InChI is InChI=1S/C36H45F/c1-3-5-7-8-10-28-11-13-29(14-12-28)15-16-30-17-19-31(20-18-30)21-23-33-24-25-34-27-32(9-6-4-2)22-26-35(34)36(33)37/h17-20,22,24-29H,3-16H2,1-2H3. The Bertz CT molecular complexity index is 1170. The highest BCUT2D eigenvalue weighted by atomic mass is 19.1. The number of fused-ring (bicyclic) bond motifs is 1. The number of hydrogen-bond donors (Lipinski definition) is 0. The maximum Gasteiger partial charge on any atom is 0.146 e. The molecule has 0 radical (unpaired) electrons. The summed E-state index contributed by atoms with van der Waals surface area (Å²) in [6, 6.07) is 18.5. The van der Waals surface area contributed by atoms with Crippen LogP contribution >= 0.6 is 0 Å². The molecule has 0 unspecified atom stereocenters. The fourth-order valence-corrected chi connectivity index (χ4v) is 5.91. The largest absolute Gasteiger partial charge is 0.205 e. The van der Waals surface area contributed by atoms with Crippen molar-refractivity contribution in [1.82, 2.24) is 0 Å². The summed E-state index contributed by atoms with van der Waals surface area (Å²) in [5, 5.41) is 1.62. The molecule has 4 rings (SSSR count). The van der Waals surface area contributed by atoms with Crippen molar-refractivity contribution < 1.29 is 4.39 Å². The summed E-state index contributed by atoms with van der Waals surface area (Å²) in [6.45, 7) is 4.49. The second kappa shape index (κ2) is 14.4. The van der Waals surface area contributed by atoms with Crippen LogP contribution in [0, 0.1) is 29.5 Å². The minimum atomic E-state index is -0.209. The van der Waals surface area contributed by atoms with Gasteiger partial charge in [-0.2, -0.15) is 0 Å². The van der Waals surface area contributed by atoms with Gasteiger partial charge in [-0.05, 0) is 72.2 Å². The Morgan fingerprint density at radius 1 is 0.676 bits per heavy atom. The molecule has 1 saturated carbocycles. The third kappa shape index (κ3) is 8.20. The van der Waals surface area contributed by atoms with Gasteiger partial charge in [-0.3, -0.25) is 0 Å². The van der Waals surface area contributed by atoms with Crippen LogP contribution in [0.1, 0.15) is 113 Å². The monoisotopic (exact) mass is 496 g/mol. The second-order valence-electron chi connectivity index (χ2n) is 11.3. The van der Waals surface area contributed by atoms with Gasteiger partial charge in [0.2, 0.25) is 0 Å². The molecule has 1 heteroatoms. The average Bonchev–Trinajstić information content (AvgIpc) is 2.94. The van der Waals surface area contributed by atoms with E-state index in [-0.39, 0.29) is 5.82 Å². The van der Waals surface area contributed by atoms with Gasteiger partial charge >= 0.3 is 0 Å². The predicted octanol–water partition coefficient (Wildman–Crippen LogP) is 10.4. The molecule has 0 saturated heterocycles. The maximum atomic E-state index is 15.1. The lowest BCUT2D eigenvalue weighted by molar-refractivity contribution is 0.249. The Balaban J connectivity index is 1.27. The number of unbranched alkanes of at least 4 members (excludes halogenated alkanes) is 4. The minimum Gasteiger partial charge on any atom is -0.205 e. The molecule has 196 valence electrons. The number of hydrogen-bond acceptors (Lipinski definition) is 0. The van der Waals surface area contributed by atoms with Gasteiger partial charge in [0.05, 0.1) is 5.56 Å². The van der Waals surface area contributed by atoms with Crippen LogP contribution < -0.4 is 0 Å². The fourth-order valence-electron chi connectivity index (χ4n) is 5.91. The van der Waals surface area contributed by atoms with Crippen LogP contribution in [-0.4, -0.2) is 0 Å². The molecule has 0 aromatic heterocycles. The van der Waals surface area contributed by atoms with E-state index in [1.165, 1.54) is 81.8 Å². The van der Waals surface area contributed by atoms with Gasteiger partial charge in [-0.1, -0.05) is 126 Å². The van der Waals surface area contributed by atoms with Gasteiger partial charge in [0, 0.05) is 10.9 Å². The van der Waals surface area contributed by atoms with E-state index in [2.05, 4.69) is 62.1 Å². The van der Waals surface area contributed by atoms with Crippen molar-refractivity contribution in [1.29, 1.82) is 0 Å². The van der Waals surface area contributed by atoms with E-state index in [1.807, 2.05) is 18.2 Å². The lowest BCUT2D eigenvalue weighted by Gasteiger charge is -2.28. The molecule has 0 heterocycles. The first kappa shape index (κ1) is 27.4. The molecule has 1 aliphatic carbocycles. The summed E-state index contributed by atoms with van der Waals surface area (Å²) in [5.41, 5.74) is 4.08. The zero-order valence-corrected chi connectivity index (χ0v) is 23.1. The minimum absolute atomic E-state index is 0.209. The van der Waals surface area contributed by atoms with Gasteiger partial charge in [-0.15, -0.1) is 0 Å². The SMILES string of the molecule is CCCCCCC1CCC(CCc2ccc(C#Cc3ccc4cc(CCCC)ccc4c3F)cc2)CC1. The second-order valence-corrected chi connectivity index (χ2v) is 11.3. The summed E-state index contributed by atoms with van der Waals surface area (Å²) in [5.74, 6) is 7.92. The summed E-state index contributed by atoms with van der Waals surface area (Å²) in [4.78, 5) is 0. The van der Waals surface area contributed by atoms with E-state index < -0.39 is 0 Å². The fraction of sp³-hybridized carbons (Fsp3) is 0.500. The zero-order valence-electron chi connectivity index (χ0n) is 23.1. The summed E-state index contributed by atoms with van der Waals surface area (Å²) in [6.07, 6.45) is 18.6. The molecule has 1 fully saturated rings. The van der Waals surface area contributed by atoms with E-state index in [9.17, 15) is 0 Å². The lowest BCUT2D eigenvalue weighted by Crippen LogP contribution is -2.15. The topological polar surface area (TPSA) is 0 Å². The van der Waals surface area contributed by atoms with Crippen LogP contribution in [0.5, 0.6) is 0 Å². The van der Waals surface area contributed by atoms with Crippen molar-refractivity contribution in [3.63, 3.8) is 0 Å². The molecule has 0 nitrogen and oxygen atoms in total. The quantitative estimate of drug-likeness (QED) is 0.183. The Labute approximate surface area is 225 Å². The van der Waals surface area contributed by atoms with E-state index in [0.717, 1.165) is 42.0 Å². The Morgan fingerprint density at radius 2 is 1.38 bits per heavy atom. The normalized spacial score (nSPS) is 17.5. The Hall–Kier alpha value is -2.59. The molecule has 0 aliphatic heterocycles. The molecule has 1 aliphatic rings. The van der Waals surface area contributed by atoms with Crippen molar-refractivity contribution in [2.24, 2.45) is 11.8 Å². The van der Waals surface area contributed by atoms with Crippen LogP contribution in [-0.2, 0) is 12.8 Å². The molecule has 0 spiro atoms. The smallest absolute Gasteiger partial charge is 0.146 e. The molecular formula is C36H45F. The van der Waals surface area contributed by atoms with E-state index in [1.54, 1.807) is 0 Å². The highest BCUT2D eigenvalue weighted by Crippen LogP contribution is 2.34. The van der Waals surface area contributed by atoms with E-state index >= 15 is 4.39 Å². The first-order valence-corrected chi connectivity index (χ1v) is 15.0. The first-order valence-electron chi connectivity index (χ1n) is 15.0. The Kier molecular flexibility index (Phi) is 10.7. The van der Waals surface area contributed by atoms with Gasteiger partial charge < -0.3 is 0 Å². The summed E-state index contributed by atoms with van der Waals surface area (Å²) in [7, 11) is 0. The maximum absolute atomic E-state index is 15.1. The van der Waals surface area contributed by atoms with Gasteiger partial charge in [0.25, 0.3) is 0 Å². The molecule has 3 aromatic rings. The summed E-state index contributed by atoms with van der Waals surface area (Å²) >= 11 is 0. The predicted molar refractivity (Wildman–Crippen MR) is 157 cm³/mol. The van der Waals surface area contributed by atoms with Crippen LogP contribution in [0.4, 0.5) is 4.39 Å². The highest BCUT2D eigenvalue weighted by molar-refractivity contribution is 5.85. The van der Waals surface area contributed by atoms with Crippen LogP contribution in [0.25, 0.3) is 10.8 Å². The van der Waals surface area contributed by atoms with Crippen LogP contribution in [0.3, 0.4) is 0 Å². The number of halogens is 1. The summed E-state index contributed by atoms with van der Waals surface area (Å²) < 4.78 is 15.1. The Morgan fingerprint density at radius 3 is 2.11 bits per heavy atom. The third-order valence-corrected chi connectivity index (χ3v) is 8.41. The van der Waals surface area contributed by atoms with Crippen LogP contribution in [0.2, 0.25) is 0 Å². The van der Waals surface area contributed by atoms with E-state index in [4.69, 9.17) is 0 Å². The molecule has 0 atom stereocenters. The molecule has 37 heavy (non-hydrogen) atoms. The average molecular weight is 497 g/mol. The van der Waals surface area contributed by atoms with E-state index in [0.29, 0.717) is 10.9 Å². The number of aryl methyl sites for hydroxylation is 2. The van der Waals surface area contributed by atoms with Crippen molar-refractivity contribution in [2.45, 2.75) is 104 Å². The third-order valence-electron chi connectivity index (χ3n) is 8.41. The van der Waals surface area contributed by atoms with Gasteiger partial charge in [-0.25, -0.2) is 4.39 Å². The van der Waals surface area contributed by atoms with Crippen LogP contribution in [0.15, 0.2) is 54.6 Å². The van der Waals surface area contributed by atoms with Crippen molar-refractivity contribution >= 4 is 10.8 Å².